The minimum absolute atomic E-state index is 0.182. The van der Waals surface area contributed by atoms with Gasteiger partial charge in [-0.2, -0.15) is 5.10 Å². The first kappa shape index (κ1) is 13.6. The van der Waals surface area contributed by atoms with Gasteiger partial charge >= 0.3 is 0 Å². The molecule has 0 saturated heterocycles. The van der Waals surface area contributed by atoms with E-state index < -0.39 is 0 Å². The fraction of sp³-hybridized carbons (Fsp3) is 0.143. The van der Waals surface area contributed by atoms with Crippen molar-refractivity contribution in [3.63, 3.8) is 0 Å². The number of fused-ring (bicyclic) bond motifs is 1. The van der Waals surface area contributed by atoms with E-state index in [0.29, 0.717) is 10.7 Å². The smallest absolute Gasteiger partial charge is 0.227 e. The summed E-state index contributed by atoms with van der Waals surface area (Å²) in [4.78, 5) is 19.4. The Morgan fingerprint density at radius 2 is 2.14 bits per heavy atom. The lowest BCUT2D eigenvalue weighted by molar-refractivity contribution is -0.115. The molecule has 0 bridgehead atoms. The fourth-order valence-electron chi connectivity index (χ4n) is 2.05. The zero-order valence-corrected chi connectivity index (χ0v) is 12.2. The summed E-state index contributed by atoms with van der Waals surface area (Å²) in [5, 5.41) is 5.92. The van der Waals surface area contributed by atoms with Gasteiger partial charge in [0.1, 0.15) is 11.4 Å². The van der Waals surface area contributed by atoms with Crippen molar-refractivity contribution >= 4 is 28.7 Å². The number of benzene rings is 1. The molecule has 3 aromatic rings. The molecule has 0 fully saturated rings. The average molecular weight is 299 g/mol. The lowest BCUT2D eigenvalue weighted by Crippen LogP contribution is -2.13. The van der Waals surface area contributed by atoms with Crippen LogP contribution in [0.15, 0.2) is 41.8 Å². The minimum atomic E-state index is -0.377. The Kier molecular flexibility index (Phi) is 3.57. The summed E-state index contributed by atoms with van der Waals surface area (Å²) < 4.78 is 1.78. The fourth-order valence-corrected chi connectivity index (χ4v) is 2.75. The zero-order valence-electron chi connectivity index (χ0n) is 11.4. The molecule has 1 aromatic carbocycles. The lowest BCUT2D eigenvalue weighted by atomic mass is 10.2. The number of amides is 1. The summed E-state index contributed by atoms with van der Waals surface area (Å²) in [6.07, 6.45) is 3.19. The maximum atomic E-state index is 10.9. The van der Waals surface area contributed by atoms with E-state index in [0.717, 1.165) is 16.6 Å². The number of para-hydroxylation sites is 1. The van der Waals surface area contributed by atoms with Crippen molar-refractivity contribution in [3.8, 4) is 5.69 Å². The van der Waals surface area contributed by atoms with Crippen LogP contribution in [0.4, 0.5) is 0 Å². The molecule has 6 nitrogen and oxygen atoms in total. The van der Waals surface area contributed by atoms with Gasteiger partial charge in [0.15, 0.2) is 5.65 Å². The van der Waals surface area contributed by atoms with Gasteiger partial charge in [-0.3, -0.25) is 4.79 Å². The van der Waals surface area contributed by atoms with Gasteiger partial charge < -0.3 is 5.73 Å². The monoisotopic (exact) mass is 299 g/mol. The predicted molar refractivity (Wildman–Crippen MR) is 81.3 cm³/mol. The van der Waals surface area contributed by atoms with Crippen molar-refractivity contribution in [2.75, 3.05) is 5.75 Å². The normalized spacial score (nSPS) is 10.9. The van der Waals surface area contributed by atoms with E-state index in [1.807, 2.05) is 31.2 Å². The Morgan fingerprint density at radius 1 is 1.33 bits per heavy atom. The molecule has 0 aliphatic rings. The molecule has 0 radical (unpaired) electrons. The number of hydrogen-bond donors (Lipinski definition) is 1. The molecule has 2 aromatic heterocycles. The summed E-state index contributed by atoms with van der Waals surface area (Å²) in [6, 6.07) is 7.94. The van der Waals surface area contributed by atoms with E-state index in [2.05, 4.69) is 15.1 Å². The Hall–Kier alpha value is -2.41. The molecule has 2 N–H and O–H groups in total. The second-order valence-corrected chi connectivity index (χ2v) is 5.48. The number of nitrogens with zero attached hydrogens (tertiary/aromatic N) is 4. The average Bonchev–Trinajstić information content (AvgIpc) is 2.90. The number of primary amides is 1. The van der Waals surface area contributed by atoms with Gasteiger partial charge in [0.05, 0.1) is 23.0 Å². The Morgan fingerprint density at radius 3 is 2.90 bits per heavy atom. The van der Waals surface area contributed by atoms with Gasteiger partial charge in [0.2, 0.25) is 5.91 Å². The largest absolute Gasteiger partial charge is 0.369 e. The maximum Gasteiger partial charge on any atom is 0.227 e. The number of hydrogen-bond acceptors (Lipinski definition) is 5. The molecule has 7 heteroatoms. The number of rotatable bonds is 4. The second kappa shape index (κ2) is 5.53. The first-order valence-corrected chi connectivity index (χ1v) is 7.31. The number of thioether (sulfide) groups is 1. The van der Waals surface area contributed by atoms with Crippen LogP contribution in [0.3, 0.4) is 0 Å². The van der Waals surface area contributed by atoms with Crippen molar-refractivity contribution in [1.82, 2.24) is 19.7 Å². The summed E-state index contributed by atoms with van der Waals surface area (Å²) >= 11 is 1.29. The van der Waals surface area contributed by atoms with Gasteiger partial charge in [-0.25, -0.2) is 14.6 Å². The van der Waals surface area contributed by atoms with Gasteiger partial charge in [0.25, 0.3) is 0 Å². The second-order valence-electron chi connectivity index (χ2n) is 4.51. The van der Waals surface area contributed by atoms with Crippen molar-refractivity contribution in [2.24, 2.45) is 5.73 Å². The van der Waals surface area contributed by atoms with E-state index in [4.69, 9.17) is 5.73 Å². The molecule has 0 unspecified atom stereocenters. The first-order chi connectivity index (χ1) is 10.2. The van der Waals surface area contributed by atoms with Crippen LogP contribution < -0.4 is 5.73 Å². The summed E-state index contributed by atoms with van der Waals surface area (Å²) in [6.45, 7) is 2.02. The number of nitrogens with two attached hydrogens (primary N) is 1. The molecular weight excluding hydrogens is 286 g/mol. The number of aryl methyl sites for hydroxylation is 1. The highest BCUT2D eigenvalue weighted by molar-refractivity contribution is 8.00. The van der Waals surface area contributed by atoms with Crippen LogP contribution in [0.1, 0.15) is 5.56 Å². The third-order valence-electron chi connectivity index (χ3n) is 3.02. The predicted octanol–water partition coefficient (Wildman–Crippen LogP) is 1.70. The SMILES string of the molecule is Cc1ccccc1-n1ncc2c(SCC(N)=O)ncnc21. The molecule has 0 saturated carbocycles. The highest BCUT2D eigenvalue weighted by Crippen LogP contribution is 2.26. The minimum Gasteiger partial charge on any atom is -0.369 e. The Labute approximate surface area is 125 Å². The van der Waals surface area contributed by atoms with Crippen LogP contribution in [0.2, 0.25) is 0 Å². The molecule has 1 amide bonds. The standard InChI is InChI=1S/C14H13N5OS/c1-9-4-2-3-5-11(9)19-13-10(6-18-19)14(17-8-16-13)21-7-12(15)20/h2-6,8H,7H2,1H3,(H2,15,20). The van der Waals surface area contributed by atoms with Crippen molar-refractivity contribution in [3.05, 3.63) is 42.4 Å². The van der Waals surface area contributed by atoms with E-state index in [-0.39, 0.29) is 11.7 Å². The molecule has 2 heterocycles. The number of aromatic nitrogens is 4. The van der Waals surface area contributed by atoms with Crippen molar-refractivity contribution in [2.45, 2.75) is 11.9 Å². The third-order valence-corrected chi connectivity index (χ3v) is 4.05. The van der Waals surface area contributed by atoms with Crippen LogP contribution >= 0.6 is 11.8 Å². The van der Waals surface area contributed by atoms with Crippen LogP contribution in [-0.2, 0) is 4.79 Å². The van der Waals surface area contributed by atoms with Crippen LogP contribution in [0.25, 0.3) is 16.7 Å². The highest BCUT2D eigenvalue weighted by Gasteiger charge is 2.13. The number of carbonyl (C=O) groups is 1. The molecule has 21 heavy (non-hydrogen) atoms. The third kappa shape index (κ3) is 2.59. The van der Waals surface area contributed by atoms with Gasteiger partial charge in [-0.15, -0.1) is 0 Å². The first-order valence-electron chi connectivity index (χ1n) is 6.32. The van der Waals surface area contributed by atoms with Crippen molar-refractivity contribution < 1.29 is 4.79 Å². The van der Waals surface area contributed by atoms with Crippen LogP contribution in [0, 0.1) is 6.92 Å². The molecule has 0 aliphatic carbocycles. The Balaban J connectivity index is 2.09. The molecular formula is C14H13N5OS. The van der Waals surface area contributed by atoms with Crippen molar-refractivity contribution in [1.29, 1.82) is 0 Å². The summed E-state index contributed by atoms with van der Waals surface area (Å²) in [7, 11) is 0. The van der Waals surface area contributed by atoms with Crippen LogP contribution in [-0.4, -0.2) is 31.4 Å². The maximum absolute atomic E-state index is 10.9. The zero-order chi connectivity index (χ0) is 14.8. The van der Waals surface area contributed by atoms with Gasteiger partial charge in [0, 0.05) is 0 Å². The topological polar surface area (TPSA) is 86.7 Å². The van der Waals surface area contributed by atoms with E-state index in [9.17, 15) is 4.79 Å². The van der Waals surface area contributed by atoms with E-state index in [1.54, 1.807) is 10.9 Å². The Bertz CT molecular complexity index is 814. The molecule has 106 valence electrons. The number of carbonyl (C=O) groups excluding carboxylic acids is 1. The summed E-state index contributed by atoms with van der Waals surface area (Å²) in [5.41, 5.74) is 7.96. The van der Waals surface area contributed by atoms with E-state index >= 15 is 0 Å². The summed E-state index contributed by atoms with van der Waals surface area (Å²) in [5.74, 6) is -0.195. The molecule has 0 aliphatic heterocycles. The lowest BCUT2D eigenvalue weighted by Gasteiger charge is -2.06. The quantitative estimate of drug-likeness (QED) is 0.585. The van der Waals surface area contributed by atoms with Gasteiger partial charge in [-0.1, -0.05) is 30.0 Å². The molecule has 0 atom stereocenters. The van der Waals surface area contributed by atoms with E-state index in [1.165, 1.54) is 18.1 Å². The molecule has 3 rings (SSSR count). The van der Waals surface area contributed by atoms with Crippen LogP contribution in [0.5, 0.6) is 0 Å². The highest BCUT2D eigenvalue weighted by atomic mass is 32.2. The van der Waals surface area contributed by atoms with Gasteiger partial charge in [-0.05, 0) is 18.6 Å². The molecule has 0 spiro atoms.